The second kappa shape index (κ2) is 11.2. The van der Waals surface area contributed by atoms with Crippen LogP contribution in [0.1, 0.15) is 54.5 Å². The summed E-state index contributed by atoms with van der Waals surface area (Å²) in [6, 6.07) is 18.0. The lowest BCUT2D eigenvalue weighted by atomic mass is 9.68. The van der Waals surface area contributed by atoms with Gasteiger partial charge in [0.05, 0.1) is 36.2 Å². The van der Waals surface area contributed by atoms with Crippen molar-refractivity contribution in [1.82, 2.24) is 19.4 Å². The minimum atomic E-state index is -0.410. The first-order valence-electron chi connectivity index (χ1n) is 13.3. The third-order valence-electron chi connectivity index (χ3n) is 8.04. The SMILES string of the molecule is COc1ccc(C2(C(=O)N3CCN(Cc4cncn4Cc4ccc(C#N)cc4)CC3)CCCCC2)cc1. The Labute approximate surface area is 219 Å². The Morgan fingerprint density at radius 2 is 1.68 bits per heavy atom. The van der Waals surface area contributed by atoms with Crippen LogP contribution in [0.3, 0.4) is 0 Å². The van der Waals surface area contributed by atoms with Gasteiger partial charge in [0.2, 0.25) is 5.91 Å². The number of imidazole rings is 1. The van der Waals surface area contributed by atoms with Gasteiger partial charge in [-0.1, -0.05) is 43.5 Å². The van der Waals surface area contributed by atoms with E-state index in [4.69, 9.17) is 10.00 Å². The lowest BCUT2D eigenvalue weighted by molar-refractivity contribution is -0.140. The van der Waals surface area contributed by atoms with Crippen molar-refractivity contribution in [2.24, 2.45) is 0 Å². The van der Waals surface area contributed by atoms with Crippen LogP contribution in [0.4, 0.5) is 0 Å². The topological polar surface area (TPSA) is 74.4 Å². The second-order valence-electron chi connectivity index (χ2n) is 10.3. The van der Waals surface area contributed by atoms with Crippen LogP contribution >= 0.6 is 0 Å². The summed E-state index contributed by atoms with van der Waals surface area (Å²) in [6.07, 6.45) is 9.05. The minimum absolute atomic E-state index is 0.294. The monoisotopic (exact) mass is 497 g/mol. The van der Waals surface area contributed by atoms with Crippen molar-refractivity contribution in [1.29, 1.82) is 5.26 Å². The van der Waals surface area contributed by atoms with Gasteiger partial charge in [-0.3, -0.25) is 9.69 Å². The molecule has 0 bridgehead atoms. The Morgan fingerprint density at radius 3 is 2.32 bits per heavy atom. The molecule has 0 atom stereocenters. The molecule has 1 saturated carbocycles. The van der Waals surface area contributed by atoms with Gasteiger partial charge in [0.25, 0.3) is 0 Å². The predicted octanol–water partition coefficient (Wildman–Crippen LogP) is 4.36. The molecule has 1 saturated heterocycles. The quantitative estimate of drug-likeness (QED) is 0.485. The number of hydrogen-bond donors (Lipinski definition) is 0. The highest BCUT2D eigenvalue weighted by atomic mass is 16.5. The Hall–Kier alpha value is -3.63. The summed E-state index contributed by atoms with van der Waals surface area (Å²) in [5.74, 6) is 1.12. The molecule has 1 aromatic heterocycles. The van der Waals surface area contributed by atoms with Crippen molar-refractivity contribution in [3.63, 3.8) is 0 Å². The molecule has 7 nitrogen and oxygen atoms in total. The van der Waals surface area contributed by atoms with Crippen molar-refractivity contribution in [3.8, 4) is 11.8 Å². The smallest absolute Gasteiger partial charge is 0.233 e. The first-order valence-corrected chi connectivity index (χ1v) is 13.3. The molecule has 3 aromatic rings. The molecule has 0 N–H and O–H groups in total. The molecule has 2 fully saturated rings. The second-order valence-corrected chi connectivity index (χ2v) is 10.3. The van der Waals surface area contributed by atoms with Gasteiger partial charge < -0.3 is 14.2 Å². The number of piperazine rings is 1. The Balaban J connectivity index is 1.22. The summed E-state index contributed by atoms with van der Waals surface area (Å²) < 4.78 is 7.52. The van der Waals surface area contributed by atoms with E-state index >= 15 is 0 Å². The number of methoxy groups -OCH3 is 1. The minimum Gasteiger partial charge on any atom is -0.497 e. The third kappa shape index (κ3) is 5.40. The maximum atomic E-state index is 14.0. The zero-order valence-corrected chi connectivity index (χ0v) is 21.6. The molecule has 2 aliphatic rings. The highest BCUT2D eigenvalue weighted by Crippen LogP contribution is 2.41. The number of carbonyl (C=O) groups excluding carboxylic acids is 1. The summed E-state index contributed by atoms with van der Waals surface area (Å²) in [6.45, 7) is 4.74. The molecule has 0 unspecified atom stereocenters. The van der Waals surface area contributed by atoms with Crippen LogP contribution in [0.25, 0.3) is 0 Å². The van der Waals surface area contributed by atoms with Crippen molar-refractivity contribution < 1.29 is 9.53 Å². The summed E-state index contributed by atoms with van der Waals surface area (Å²) >= 11 is 0. The standard InChI is InChI=1S/C30H35N5O2/c1-37-28-11-9-26(10-12-28)30(13-3-2-4-14-30)29(36)34-17-15-33(16-18-34)22-27-20-32-23-35(27)21-25-7-5-24(19-31)6-8-25/h5-12,20,23H,2-4,13-18,21-22H2,1H3. The van der Waals surface area contributed by atoms with E-state index in [1.54, 1.807) is 7.11 Å². The van der Waals surface area contributed by atoms with Crippen molar-refractivity contribution in [3.05, 3.63) is 83.4 Å². The Kier molecular flexibility index (Phi) is 7.57. The molecule has 5 rings (SSSR count). The largest absolute Gasteiger partial charge is 0.497 e. The number of amides is 1. The highest BCUT2D eigenvalue weighted by molar-refractivity contribution is 5.88. The number of ether oxygens (including phenoxy) is 1. The normalized spacial score (nSPS) is 17.8. The molecule has 0 radical (unpaired) electrons. The predicted molar refractivity (Wildman–Crippen MR) is 142 cm³/mol. The lowest BCUT2D eigenvalue weighted by Gasteiger charge is -2.43. The summed E-state index contributed by atoms with van der Waals surface area (Å²) in [4.78, 5) is 22.9. The molecule has 1 aliphatic carbocycles. The molecule has 2 aromatic carbocycles. The van der Waals surface area contributed by atoms with E-state index in [0.29, 0.717) is 11.5 Å². The molecular weight excluding hydrogens is 462 g/mol. The van der Waals surface area contributed by atoms with Crippen LogP contribution in [0.15, 0.2) is 61.1 Å². The van der Waals surface area contributed by atoms with E-state index in [1.165, 1.54) is 6.42 Å². The van der Waals surface area contributed by atoms with Gasteiger partial charge in [-0.2, -0.15) is 5.26 Å². The lowest BCUT2D eigenvalue weighted by Crippen LogP contribution is -2.55. The fourth-order valence-corrected chi connectivity index (χ4v) is 5.84. The number of rotatable bonds is 7. The Morgan fingerprint density at radius 1 is 0.973 bits per heavy atom. The zero-order chi connectivity index (χ0) is 25.7. The van der Waals surface area contributed by atoms with Crippen molar-refractivity contribution in [2.45, 2.75) is 50.6 Å². The van der Waals surface area contributed by atoms with Gasteiger partial charge in [0.1, 0.15) is 5.75 Å². The summed E-state index contributed by atoms with van der Waals surface area (Å²) in [5, 5.41) is 9.03. The van der Waals surface area contributed by atoms with Crippen LogP contribution in [-0.4, -0.2) is 58.5 Å². The number of carbonyl (C=O) groups is 1. The first kappa shape index (κ1) is 25.0. The van der Waals surface area contributed by atoms with Gasteiger partial charge in [0.15, 0.2) is 0 Å². The van der Waals surface area contributed by atoms with Crippen LogP contribution in [0.2, 0.25) is 0 Å². The van der Waals surface area contributed by atoms with E-state index in [2.05, 4.69) is 37.6 Å². The molecule has 1 amide bonds. The number of nitriles is 1. The Bertz CT molecular complexity index is 1230. The van der Waals surface area contributed by atoms with Crippen LogP contribution in [0, 0.1) is 11.3 Å². The molecule has 37 heavy (non-hydrogen) atoms. The summed E-state index contributed by atoms with van der Waals surface area (Å²) in [5.41, 5.74) is 3.69. The van der Waals surface area contributed by atoms with Gasteiger partial charge in [0, 0.05) is 45.5 Å². The molecule has 0 spiro atoms. The average Bonchev–Trinajstić information content (AvgIpc) is 3.40. The van der Waals surface area contributed by atoms with Gasteiger partial charge in [-0.25, -0.2) is 4.98 Å². The zero-order valence-electron chi connectivity index (χ0n) is 21.6. The molecule has 7 heteroatoms. The number of nitrogens with zero attached hydrogens (tertiary/aromatic N) is 5. The van der Waals surface area contributed by atoms with Gasteiger partial charge >= 0.3 is 0 Å². The first-order chi connectivity index (χ1) is 18.1. The van der Waals surface area contributed by atoms with Gasteiger partial charge in [-0.15, -0.1) is 0 Å². The van der Waals surface area contributed by atoms with E-state index in [9.17, 15) is 4.79 Å². The third-order valence-corrected chi connectivity index (χ3v) is 8.04. The number of benzene rings is 2. The summed E-state index contributed by atoms with van der Waals surface area (Å²) in [7, 11) is 1.68. The number of aromatic nitrogens is 2. The molecular formula is C30H35N5O2. The molecule has 1 aliphatic heterocycles. The van der Waals surface area contributed by atoms with Crippen molar-refractivity contribution in [2.75, 3.05) is 33.3 Å². The number of hydrogen-bond acceptors (Lipinski definition) is 5. The van der Waals surface area contributed by atoms with Crippen molar-refractivity contribution >= 4 is 5.91 Å². The fraction of sp³-hybridized carbons (Fsp3) is 0.433. The van der Waals surface area contributed by atoms with Crippen LogP contribution in [0.5, 0.6) is 5.75 Å². The molecule has 192 valence electrons. The van der Waals surface area contributed by atoms with E-state index in [0.717, 1.165) is 87.5 Å². The van der Waals surface area contributed by atoms with E-state index in [1.807, 2.05) is 48.9 Å². The average molecular weight is 498 g/mol. The van der Waals surface area contributed by atoms with Crippen LogP contribution in [-0.2, 0) is 23.3 Å². The van der Waals surface area contributed by atoms with E-state index in [-0.39, 0.29) is 0 Å². The van der Waals surface area contributed by atoms with Crippen LogP contribution < -0.4 is 4.74 Å². The maximum absolute atomic E-state index is 14.0. The fourth-order valence-electron chi connectivity index (χ4n) is 5.84. The van der Waals surface area contributed by atoms with Gasteiger partial charge in [-0.05, 0) is 48.2 Å². The van der Waals surface area contributed by atoms with E-state index < -0.39 is 5.41 Å². The molecule has 2 heterocycles. The maximum Gasteiger partial charge on any atom is 0.233 e. The highest BCUT2D eigenvalue weighted by Gasteiger charge is 2.44.